The third kappa shape index (κ3) is 4.43. The van der Waals surface area contributed by atoms with Gasteiger partial charge in [0.2, 0.25) is 5.91 Å². The topological polar surface area (TPSA) is 54.5 Å². The molecule has 5 heteroatoms. The van der Waals surface area contributed by atoms with Gasteiger partial charge in [-0.2, -0.15) is 0 Å². The highest BCUT2D eigenvalue weighted by Gasteiger charge is 2.18. The average molecular weight is 265 g/mol. The van der Waals surface area contributed by atoms with Crippen molar-refractivity contribution in [3.8, 4) is 5.75 Å². The molecular formula is C14H23N3O2. The monoisotopic (exact) mass is 265 g/mol. The van der Waals surface area contributed by atoms with Crippen molar-refractivity contribution in [3.63, 3.8) is 0 Å². The van der Waals surface area contributed by atoms with Gasteiger partial charge in [0, 0.05) is 19.8 Å². The number of carbonyl (C=O) groups is 1. The summed E-state index contributed by atoms with van der Waals surface area (Å²) in [6.07, 6.45) is 2.61. The van der Waals surface area contributed by atoms with Crippen LogP contribution >= 0.6 is 0 Å². The Morgan fingerprint density at radius 2 is 2.26 bits per heavy atom. The van der Waals surface area contributed by atoms with Gasteiger partial charge in [0.1, 0.15) is 6.04 Å². The third-order valence-electron chi connectivity index (χ3n) is 2.81. The van der Waals surface area contributed by atoms with Crippen LogP contribution in [0.3, 0.4) is 0 Å². The van der Waals surface area contributed by atoms with E-state index >= 15 is 0 Å². The Bertz CT molecular complexity index is 409. The van der Waals surface area contributed by atoms with Crippen LogP contribution in [-0.2, 0) is 4.79 Å². The first-order valence-corrected chi connectivity index (χ1v) is 6.69. The van der Waals surface area contributed by atoms with E-state index in [-0.39, 0.29) is 11.9 Å². The molecule has 0 fully saturated rings. The zero-order chi connectivity index (χ0) is 14.3. The summed E-state index contributed by atoms with van der Waals surface area (Å²) in [6, 6.07) is 3.34. The fourth-order valence-corrected chi connectivity index (χ4v) is 1.58. The number of nitrogens with zero attached hydrogens (tertiary/aromatic N) is 2. The molecule has 0 saturated carbocycles. The molecule has 1 aromatic rings. The smallest absolute Gasteiger partial charge is 0.244 e. The minimum absolute atomic E-state index is 0.0367. The SMILES string of the molecule is CCCOc1cccnc1NC(C)C(=O)N(C)CC. The van der Waals surface area contributed by atoms with Crippen LogP contribution in [0.2, 0.25) is 0 Å². The number of pyridine rings is 1. The Kier molecular flexibility index (Phi) is 6.12. The van der Waals surface area contributed by atoms with Crippen LogP contribution in [0.1, 0.15) is 27.2 Å². The van der Waals surface area contributed by atoms with Crippen LogP contribution in [-0.4, -0.2) is 42.0 Å². The number of rotatable bonds is 7. The maximum Gasteiger partial charge on any atom is 0.244 e. The lowest BCUT2D eigenvalue weighted by Crippen LogP contribution is -2.39. The lowest BCUT2D eigenvalue weighted by atomic mass is 10.3. The third-order valence-corrected chi connectivity index (χ3v) is 2.81. The van der Waals surface area contributed by atoms with Crippen LogP contribution in [0.5, 0.6) is 5.75 Å². The minimum Gasteiger partial charge on any atom is -0.490 e. The second kappa shape index (κ2) is 7.61. The fraction of sp³-hybridized carbons (Fsp3) is 0.571. The highest BCUT2D eigenvalue weighted by atomic mass is 16.5. The van der Waals surface area contributed by atoms with Crippen molar-refractivity contribution in [2.75, 3.05) is 25.5 Å². The number of ether oxygens (including phenoxy) is 1. The molecule has 1 aromatic heterocycles. The first-order valence-electron chi connectivity index (χ1n) is 6.69. The van der Waals surface area contributed by atoms with Crippen molar-refractivity contribution < 1.29 is 9.53 Å². The summed E-state index contributed by atoms with van der Waals surface area (Å²) in [6.45, 7) is 7.14. The lowest BCUT2D eigenvalue weighted by molar-refractivity contribution is -0.130. The standard InChI is InChI=1S/C14H23N3O2/c1-5-10-19-12-8-7-9-15-13(12)16-11(3)14(18)17(4)6-2/h7-9,11H,5-6,10H2,1-4H3,(H,15,16). The molecule has 0 aromatic carbocycles. The molecule has 0 aliphatic heterocycles. The first-order chi connectivity index (χ1) is 9.10. The molecular weight excluding hydrogens is 242 g/mol. The minimum atomic E-state index is -0.330. The predicted molar refractivity (Wildman–Crippen MR) is 76.4 cm³/mol. The fourth-order valence-electron chi connectivity index (χ4n) is 1.58. The van der Waals surface area contributed by atoms with E-state index in [2.05, 4.69) is 10.3 Å². The number of likely N-dealkylation sites (N-methyl/N-ethyl adjacent to an activating group) is 1. The number of amides is 1. The lowest BCUT2D eigenvalue weighted by Gasteiger charge is -2.21. The molecule has 1 rings (SSSR count). The Morgan fingerprint density at radius 1 is 1.53 bits per heavy atom. The highest BCUT2D eigenvalue weighted by Crippen LogP contribution is 2.21. The van der Waals surface area contributed by atoms with E-state index in [1.54, 1.807) is 18.1 Å². The van der Waals surface area contributed by atoms with Crippen molar-refractivity contribution in [2.24, 2.45) is 0 Å². The highest BCUT2D eigenvalue weighted by molar-refractivity contribution is 5.84. The molecule has 1 unspecified atom stereocenters. The van der Waals surface area contributed by atoms with Crippen molar-refractivity contribution in [1.82, 2.24) is 9.88 Å². The number of anilines is 1. The van der Waals surface area contributed by atoms with E-state index < -0.39 is 0 Å². The molecule has 0 aliphatic carbocycles. The molecule has 106 valence electrons. The van der Waals surface area contributed by atoms with Gasteiger partial charge >= 0.3 is 0 Å². The number of hydrogen-bond donors (Lipinski definition) is 1. The van der Waals surface area contributed by atoms with Crippen LogP contribution < -0.4 is 10.1 Å². The largest absolute Gasteiger partial charge is 0.490 e. The Labute approximate surface area is 115 Å². The van der Waals surface area contributed by atoms with Crippen molar-refractivity contribution in [1.29, 1.82) is 0 Å². The van der Waals surface area contributed by atoms with Crippen molar-refractivity contribution >= 4 is 11.7 Å². The van der Waals surface area contributed by atoms with Gasteiger partial charge < -0.3 is 15.0 Å². The van der Waals surface area contributed by atoms with E-state index in [1.165, 1.54) is 0 Å². The van der Waals surface area contributed by atoms with Gasteiger partial charge in [0.15, 0.2) is 11.6 Å². The quantitative estimate of drug-likeness (QED) is 0.820. The van der Waals surface area contributed by atoms with E-state index in [0.717, 1.165) is 6.42 Å². The summed E-state index contributed by atoms with van der Waals surface area (Å²) in [5.41, 5.74) is 0. The maximum absolute atomic E-state index is 12.0. The van der Waals surface area contributed by atoms with Gasteiger partial charge in [0.25, 0.3) is 0 Å². The molecule has 19 heavy (non-hydrogen) atoms. The molecule has 0 bridgehead atoms. The molecule has 0 radical (unpaired) electrons. The summed E-state index contributed by atoms with van der Waals surface area (Å²) in [5, 5.41) is 3.11. The predicted octanol–water partition coefficient (Wildman–Crippen LogP) is 2.15. The van der Waals surface area contributed by atoms with Gasteiger partial charge in [-0.15, -0.1) is 0 Å². The van der Waals surface area contributed by atoms with Crippen LogP contribution in [0.4, 0.5) is 5.82 Å². The van der Waals surface area contributed by atoms with Gasteiger partial charge in [-0.05, 0) is 32.4 Å². The Hall–Kier alpha value is -1.78. The van der Waals surface area contributed by atoms with Gasteiger partial charge in [-0.25, -0.2) is 4.98 Å². The molecule has 5 nitrogen and oxygen atoms in total. The van der Waals surface area contributed by atoms with E-state index in [1.807, 2.05) is 32.9 Å². The molecule has 0 saturated heterocycles. The van der Waals surface area contributed by atoms with E-state index in [9.17, 15) is 4.79 Å². The summed E-state index contributed by atoms with van der Waals surface area (Å²) < 4.78 is 5.60. The average Bonchev–Trinajstić information content (AvgIpc) is 2.44. The summed E-state index contributed by atoms with van der Waals surface area (Å²) in [4.78, 5) is 17.9. The normalized spacial score (nSPS) is 11.8. The van der Waals surface area contributed by atoms with Gasteiger partial charge in [0.05, 0.1) is 6.61 Å². The zero-order valence-corrected chi connectivity index (χ0v) is 12.1. The Balaban J connectivity index is 2.73. The molecule has 1 heterocycles. The number of nitrogens with one attached hydrogen (secondary N) is 1. The summed E-state index contributed by atoms with van der Waals surface area (Å²) in [5.74, 6) is 1.33. The van der Waals surface area contributed by atoms with Gasteiger partial charge in [-0.3, -0.25) is 4.79 Å². The molecule has 0 aliphatic rings. The Morgan fingerprint density at radius 3 is 2.89 bits per heavy atom. The maximum atomic E-state index is 12.0. The summed E-state index contributed by atoms with van der Waals surface area (Å²) >= 11 is 0. The van der Waals surface area contributed by atoms with E-state index in [4.69, 9.17) is 4.74 Å². The number of aromatic nitrogens is 1. The summed E-state index contributed by atoms with van der Waals surface area (Å²) in [7, 11) is 1.79. The van der Waals surface area contributed by atoms with Crippen molar-refractivity contribution in [2.45, 2.75) is 33.2 Å². The molecule has 0 spiro atoms. The molecule has 1 atom stereocenters. The van der Waals surface area contributed by atoms with Crippen molar-refractivity contribution in [3.05, 3.63) is 18.3 Å². The zero-order valence-electron chi connectivity index (χ0n) is 12.1. The van der Waals surface area contributed by atoms with Gasteiger partial charge in [-0.1, -0.05) is 6.92 Å². The first kappa shape index (κ1) is 15.3. The number of hydrogen-bond acceptors (Lipinski definition) is 4. The second-order valence-electron chi connectivity index (χ2n) is 4.42. The van der Waals surface area contributed by atoms with Crippen LogP contribution in [0, 0.1) is 0 Å². The molecule has 1 amide bonds. The number of carbonyl (C=O) groups excluding carboxylic acids is 1. The van der Waals surface area contributed by atoms with Crippen LogP contribution in [0.15, 0.2) is 18.3 Å². The second-order valence-corrected chi connectivity index (χ2v) is 4.42. The molecule has 1 N–H and O–H groups in total. The van der Waals surface area contributed by atoms with E-state index in [0.29, 0.717) is 24.7 Å². The van der Waals surface area contributed by atoms with Crippen LogP contribution in [0.25, 0.3) is 0 Å².